The highest BCUT2D eigenvalue weighted by Crippen LogP contribution is 2.26. The lowest BCUT2D eigenvalue weighted by molar-refractivity contribution is 0.105. The van der Waals surface area contributed by atoms with Gasteiger partial charge in [-0.2, -0.15) is 4.98 Å². The number of likely N-dealkylation sites (tertiary alicyclic amines) is 1. The molecule has 1 fully saturated rings. The van der Waals surface area contributed by atoms with Crippen molar-refractivity contribution in [2.45, 2.75) is 58.5 Å². The Balaban J connectivity index is 1.64. The number of aromatic nitrogens is 2. The van der Waals surface area contributed by atoms with Gasteiger partial charge in [-0.3, -0.25) is 0 Å². The molecule has 2 aliphatic rings. The van der Waals surface area contributed by atoms with Crippen molar-refractivity contribution in [1.29, 1.82) is 0 Å². The van der Waals surface area contributed by atoms with Gasteiger partial charge < -0.3 is 19.7 Å². The number of carbonyl (C=O) groups is 1. The van der Waals surface area contributed by atoms with Crippen molar-refractivity contribution in [3.05, 3.63) is 17.1 Å². The number of aryl methyl sites for hydroxylation is 1. The van der Waals surface area contributed by atoms with Crippen LogP contribution in [0.4, 0.5) is 4.79 Å². The van der Waals surface area contributed by atoms with Crippen molar-refractivity contribution in [2.75, 3.05) is 32.8 Å². The monoisotopic (exact) mass is 362 g/mol. The zero-order valence-corrected chi connectivity index (χ0v) is 15.9. The third-order valence-electron chi connectivity index (χ3n) is 4.93. The van der Waals surface area contributed by atoms with Crippen LogP contribution in [-0.2, 0) is 24.0 Å². The molecule has 144 valence electrons. The molecule has 1 aromatic rings. The maximum absolute atomic E-state index is 12.1. The van der Waals surface area contributed by atoms with Crippen molar-refractivity contribution in [2.24, 2.45) is 0 Å². The fourth-order valence-corrected chi connectivity index (χ4v) is 3.39. The third-order valence-corrected chi connectivity index (χ3v) is 4.93. The van der Waals surface area contributed by atoms with Gasteiger partial charge in [-0.1, -0.05) is 13.8 Å². The Hall–Kier alpha value is -1.89. The Kier molecular flexibility index (Phi) is 6.66. The van der Waals surface area contributed by atoms with Gasteiger partial charge in [-0.15, -0.1) is 0 Å². The SMILES string of the molecule is CCCNC(=O)N1CCC(Oc2nc(CC)nc3c2CCOCC3)CC1. The van der Waals surface area contributed by atoms with Crippen LogP contribution in [0.15, 0.2) is 0 Å². The van der Waals surface area contributed by atoms with E-state index >= 15 is 0 Å². The van der Waals surface area contributed by atoms with Crippen LogP contribution in [0, 0.1) is 0 Å². The second-order valence-corrected chi connectivity index (χ2v) is 6.87. The van der Waals surface area contributed by atoms with E-state index in [0.717, 1.165) is 81.1 Å². The summed E-state index contributed by atoms with van der Waals surface area (Å²) in [5.74, 6) is 1.56. The van der Waals surface area contributed by atoms with Gasteiger partial charge in [0, 0.05) is 57.3 Å². The summed E-state index contributed by atoms with van der Waals surface area (Å²) in [7, 11) is 0. The van der Waals surface area contributed by atoms with Gasteiger partial charge in [0.15, 0.2) is 0 Å². The van der Waals surface area contributed by atoms with Gasteiger partial charge in [-0.25, -0.2) is 9.78 Å². The van der Waals surface area contributed by atoms with E-state index in [9.17, 15) is 4.79 Å². The van der Waals surface area contributed by atoms with Crippen LogP contribution < -0.4 is 10.1 Å². The minimum atomic E-state index is 0.0339. The molecule has 1 aromatic heterocycles. The largest absolute Gasteiger partial charge is 0.474 e. The zero-order chi connectivity index (χ0) is 18.4. The smallest absolute Gasteiger partial charge is 0.317 e. The molecule has 1 N–H and O–H groups in total. The maximum Gasteiger partial charge on any atom is 0.317 e. The number of carbonyl (C=O) groups excluding carboxylic acids is 1. The highest BCUT2D eigenvalue weighted by molar-refractivity contribution is 5.74. The lowest BCUT2D eigenvalue weighted by Gasteiger charge is -2.32. The normalized spacial score (nSPS) is 18.2. The molecule has 2 amide bonds. The Morgan fingerprint density at radius 1 is 1.23 bits per heavy atom. The summed E-state index contributed by atoms with van der Waals surface area (Å²) in [6.07, 6.45) is 5.11. The molecule has 7 heteroatoms. The molecule has 7 nitrogen and oxygen atoms in total. The average Bonchev–Trinajstić information content (AvgIpc) is 2.92. The van der Waals surface area contributed by atoms with E-state index in [0.29, 0.717) is 13.2 Å². The van der Waals surface area contributed by atoms with E-state index in [1.54, 1.807) is 0 Å². The fourth-order valence-electron chi connectivity index (χ4n) is 3.39. The molecule has 0 unspecified atom stereocenters. The highest BCUT2D eigenvalue weighted by Gasteiger charge is 2.26. The molecule has 0 radical (unpaired) electrons. The average molecular weight is 362 g/mol. The predicted molar refractivity (Wildman–Crippen MR) is 98.5 cm³/mol. The lowest BCUT2D eigenvalue weighted by Crippen LogP contribution is -2.46. The van der Waals surface area contributed by atoms with Crippen LogP contribution in [0.1, 0.15) is 50.2 Å². The number of nitrogens with zero attached hydrogens (tertiary/aromatic N) is 3. The van der Waals surface area contributed by atoms with Gasteiger partial charge in [0.1, 0.15) is 11.9 Å². The summed E-state index contributed by atoms with van der Waals surface area (Å²) in [6, 6.07) is 0.0339. The van der Waals surface area contributed by atoms with Crippen LogP contribution in [-0.4, -0.2) is 59.9 Å². The van der Waals surface area contributed by atoms with Crippen LogP contribution in [0.3, 0.4) is 0 Å². The minimum absolute atomic E-state index is 0.0339. The van der Waals surface area contributed by atoms with E-state index in [-0.39, 0.29) is 12.1 Å². The molecule has 3 heterocycles. The molecule has 0 aliphatic carbocycles. The molecule has 3 rings (SSSR count). The Labute approximate surface area is 155 Å². The number of amides is 2. The zero-order valence-electron chi connectivity index (χ0n) is 15.9. The number of piperidine rings is 1. The minimum Gasteiger partial charge on any atom is -0.474 e. The molecule has 26 heavy (non-hydrogen) atoms. The molecule has 2 aliphatic heterocycles. The summed E-state index contributed by atoms with van der Waals surface area (Å²) in [5, 5.41) is 2.94. The molecule has 0 saturated carbocycles. The van der Waals surface area contributed by atoms with Crippen LogP contribution >= 0.6 is 0 Å². The molecule has 0 spiro atoms. The van der Waals surface area contributed by atoms with Crippen molar-refractivity contribution >= 4 is 6.03 Å². The quantitative estimate of drug-likeness (QED) is 0.868. The molecular weight excluding hydrogens is 332 g/mol. The molecule has 1 saturated heterocycles. The topological polar surface area (TPSA) is 76.6 Å². The fraction of sp³-hybridized carbons (Fsp3) is 0.737. The number of fused-ring (bicyclic) bond motifs is 1. The standard InChI is InChI=1S/C19H30N4O3/c1-3-9-20-19(24)23-10-5-14(6-11-23)26-18-15-7-12-25-13-8-16(15)21-17(4-2)22-18/h14H,3-13H2,1-2H3,(H,20,24). The molecule has 0 aromatic carbocycles. The van der Waals surface area contributed by atoms with E-state index in [2.05, 4.69) is 29.1 Å². The number of hydrogen-bond donors (Lipinski definition) is 1. The van der Waals surface area contributed by atoms with Crippen LogP contribution in [0.5, 0.6) is 5.88 Å². The van der Waals surface area contributed by atoms with E-state index < -0.39 is 0 Å². The van der Waals surface area contributed by atoms with Crippen LogP contribution in [0.25, 0.3) is 0 Å². The van der Waals surface area contributed by atoms with Gasteiger partial charge >= 0.3 is 6.03 Å². The number of hydrogen-bond acceptors (Lipinski definition) is 5. The second kappa shape index (κ2) is 9.16. The number of nitrogens with one attached hydrogen (secondary N) is 1. The maximum atomic E-state index is 12.1. The third kappa shape index (κ3) is 4.63. The second-order valence-electron chi connectivity index (χ2n) is 6.87. The van der Waals surface area contributed by atoms with Crippen molar-refractivity contribution < 1.29 is 14.3 Å². The summed E-state index contributed by atoms with van der Waals surface area (Å²) >= 11 is 0. The van der Waals surface area contributed by atoms with Crippen molar-refractivity contribution in [1.82, 2.24) is 20.2 Å². The molecule has 0 atom stereocenters. The van der Waals surface area contributed by atoms with E-state index in [1.807, 2.05) is 4.90 Å². The first-order valence-corrected chi connectivity index (χ1v) is 9.87. The van der Waals surface area contributed by atoms with Crippen LogP contribution in [0.2, 0.25) is 0 Å². The summed E-state index contributed by atoms with van der Waals surface area (Å²) in [6.45, 7) is 7.68. The van der Waals surface area contributed by atoms with E-state index in [1.165, 1.54) is 0 Å². The molecular formula is C19H30N4O3. The Bertz CT molecular complexity index is 615. The van der Waals surface area contributed by atoms with Gasteiger partial charge in [-0.05, 0) is 6.42 Å². The Morgan fingerprint density at radius 2 is 2.00 bits per heavy atom. The van der Waals surface area contributed by atoms with Gasteiger partial charge in [0.05, 0.1) is 18.9 Å². The number of ether oxygens (including phenoxy) is 2. The number of rotatable bonds is 5. The first-order chi connectivity index (χ1) is 12.7. The van der Waals surface area contributed by atoms with E-state index in [4.69, 9.17) is 9.47 Å². The first kappa shape index (κ1) is 18.9. The summed E-state index contributed by atoms with van der Waals surface area (Å²) in [4.78, 5) is 23.3. The lowest BCUT2D eigenvalue weighted by atomic mass is 10.1. The first-order valence-electron chi connectivity index (χ1n) is 9.87. The predicted octanol–water partition coefficient (Wildman–Crippen LogP) is 2.12. The number of urea groups is 1. The summed E-state index contributed by atoms with van der Waals surface area (Å²) in [5.41, 5.74) is 2.17. The summed E-state index contributed by atoms with van der Waals surface area (Å²) < 4.78 is 11.9. The van der Waals surface area contributed by atoms with Gasteiger partial charge in [0.2, 0.25) is 5.88 Å². The molecule has 0 bridgehead atoms. The highest BCUT2D eigenvalue weighted by atomic mass is 16.5. The van der Waals surface area contributed by atoms with Gasteiger partial charge in [0.25, 0.3) is 0 Å². The van der Waals surface area contributed by atoms with Crippen molar-refractivity contribution in [3.8, 4) is 5.88 Å². The Morgan fingerprint density at radius 3 is 2.73 bits per heavy atom. The van der Waals surface area contributed by atoms with Crippen molar-refractivity contribution in [3.63, 3.8) is 0 Å².